The second-order valence-corrected chi connectivity index (χ2v) is 10.5. The Morgan fingerprint density at radius 2 is 1.71 bits per heavy atom. The van der Waals surface area contributed by atoms with Gasteiger partial charge in [0.2, 0.25) is 0 Å². The number of hydrogen-bond acceptors (Lipinski definition) is 6. The Morgan fingerprint density at radius 1 is 1.00 bits per heavy atom. The number of nitrogens with zero attached hydrogens (tertiary/aromatic N) is 2. The van der Waals surface area contributed by atoms with Crippen LogP contribution in [0.5, 0.6) is 0 Å². The third-order valence-electron chi connectivity index (χ3n) is 7.48. The van der Waals surface area contributed by atoms with Crippen molar-refractivity contribution in [2.75, 3.05) is 18.8 Å². The van der Waals surface area contributed by atoms with Crippen LogP contribution in [-0.4, -0.2) is 46.2 Å². The fraction of sp³-hybridized carbons (Fsp3) is 0.419. The van der Waals surface area contributed by atoms with Crippen molar-refractivity contribution >= 4 is 11.7 Å². The lowest BCUT2D eigenvalue weighted by Crippen LogP contribution is -2.21. The number of carbonyl (C=O) groups is 1. The minimum Gasteiger partial charge on any atom is -0.392 e. The zero-order valence-corrected chi connectivity index (χ0v) is 22.5. The molecule has 2 aliphatic rings. The quantitative estimate of drug-likeness (QED) is 0.417. The second kappa shape index (κ2) is 13.0. The van der Waals surface area contributed by atoms with Crippen LogP contribution in [0.4, 0.5) is 5.82 Å². The molecule has 2 fully saturated rings. The van der Waals surface area contributed by atoms with Gasteiger partial charge in [0.15, 0.2) is 0 Å². The summed E-state index contributed by atoms with van der Waals surface area (Å²) in [5, 5.41) is 9.57. The molecule has 38 heavy (non-hydrogen) atoms. The van der Waals surface area contributed by atoms with E-state index in [9.17, 15) is 9.90 Å². The fourth-order valence-electron chi connectivity index (χ4n) is 5.01. The molecule has 1 aliphatic carbocycles. The molecule has 5 rings (SSSR count). The number of carbonyl (C=O) groups excluding carboxylic acids is 1. The molecule has 2 aromatic carbocycles. The minimum atomic E-state index is -0.582. The summed E-state index contributed by atoms with van der Waals surface area (Å²) in [4.78, 5) is 17.6. The number of likely N-dealkylation sites (tertiary alicyclic amines) is 1. The van der Waals surface area contributed by atoms with Crippen LogP contribution in [0.2, 0.25) is 0 Å². The standard InChI is InChI=1S/C17H20N4O2.C14H20O/c18-16-15(17(19)23)7-13(8-20-16)12-3-1-11(2-4-12)9-21-6-5-14(22)10-21;1-11-7-8-13(9-12(11)2)10-15-14-5-3-4-6-14/h1-4,7-8,14,22H,5-6,9-10H2,(H2,18,20)(H2,19,23);7-9,14H,3-6,10H2,1-2H3. The van der Waals surface area contributed by atoms with E-state index < -0.39 is 5.91 Å². The largest absolute Gasteiger partial charge is 0.392 e. The average molecular weight is 517 g/mol. The number of nitrogen functional groups attached to an aromatic ring is 1. The smallest absolute Gasteiger partial charge is 0.252 e. The number of nitrogens with two attached hydrogens (primary N) is 2. The number of aromatic nitrogens is 1. The van der Waals surface area contributed by atoms with E-state index in [4.69, 9.17) is 16.2 Å². The van der Waals surface area contributed by atoms with Crippen molar-refractivity contribution in [3.8, 4) is 11.1 Å². The molecule has 1 saturated heterocycles. The number of rotatable bonds is 7. The van der Waals surface area contributed by atoms with Crippen LogP contribution >= 0.6 is 0 Å². The summed E-state index contributed by atoms with van der Waals surface area (Å²) >= 11 is 0. The first-order valence-corrected chi connectivity index (χ1v) is 13.5. The zero-order chi connectivity index (χ0) is 27.1. The summed E-state index contributed by atoms with van der Waals surface area (Å²) in [6, 6.07) is 16.3. The highest BCUT2D eigenvalue weighted by atomic mass is 16.5. The van der Waals surface area contributed by atoms with E-state index in [1.807, 2.05) is 24.3 Å². The normalized spacial score (nSPS) is 17.8. The molecule has 0 radical (unpaired) electrons. The van der Waals surface area contributed by atoms with Crippen LogP contribution in [0.15, 0.2) is 54.7 Å². The first-order valence-electron chi connectivity index (χ1n) is 13.5. The summed E-state index contributed by atoms with van der Waals surface area (Å²) < 4.78 is 5.88. The van der Waals surface area contributed by atoms with Gasteiger partial charge in [-0.15, -0.1) is 0 Å². The molecule has 1 saturated carbocycles. The van der Waals surface area contributed by atoms with Crippen molar-refractivity contribution in [3.05, 3.63) is 82.5 Å². The average Bonchev–Trinajstić information content (AvgIpc) is 3.57. The molecule has 1 amide bonds. The summed E-state index contributed by atoms with van der Waals surface area (Å²) in [7, 11) is 0. The number of aliphatic hydroxyl groups excluding tert-OH is 1. The summed E-state index contributed by atoms with van der Waals surface area (Å²) in [5.41, 5.74) is 18.2. The molecule has 0 spiro atoms. The second-order valence-electron chi connectivity index (χ2n) is 10.5. The highest BCUT2D eigenvalue weighted by Gasteiger charge is 2.20. The Hall–Kier alpha value is -3.26. The van der Waals surface area contributed by atoms with Gasteiger partial charge in [0.1, 0.15) is 5.82 Å². The lowest BCUT2D eigenvalue weighted by atomic mass is 10.0. The van der Waals surface area contributed by atoms with Crippen molar-refractivity contribution in [2.45, 2.75) is 71.3 Å². The molecular weight excluding hydrogens is 476 g/mol. The van der Waals surface area contributed by atoms with E-state index in [1.54, 1.807) is 12.3 Å². The van der Waals surface area contributed by atoms with Gasteiger partial charge in [-0.3, -0.25) is 9.69 Å². The van der Waals surface area contributed by atoms with E-state index >= 15 is 0 Å². The van der Waals surface area contributed by atoms with Crippen LogP contribution in [0.1, 0.15) is 64.7 Å². The summed E-state index contributed by atoms with van der Waals surface area (Å²) in [6.45, 7) is 7.57. The van der Waals surface area contributed by atoms with Gasteiger partial charge in [0.25, 0.3) is 5.91 Å². The van der Waals surface area contributed by atoms with Crippen LogP contribution in [0.3, 0.4) is 0 Å². The topological polar surface area (TPSA) is 115 Å². The first-order chi connectivity index (χ1) is 18.3. The minimum absolute atomic E-state index is 0.144. The monoisotopic (exact) mass is 516 g/mol. The molecule has 1 aromatic heterocycles. The lowest BCUT2D eigenvalue weighted by Gasteiger charge is -2.15. The number of amides is 1. The number of hydrogen-bond donors (Lipinski definition) is 3. The van der Waals surface area contributed by atoms with Crippen molar-refractivity contribution in [1.82, 2.24) is 9.88 Å². The number of ether oxygens (including phenoxy) is 1. The first kappa shape index (κ1) is 27.8. The molecule has 2 heterocycles. The van der Waals surface area contributed by atoms with E-state index in [-0.39, 0.29) is 17.5 Å². The van der Waals surface area contributed by atoms with Gasteiger partial charge < -0.3 is 21.3 Å². The van der Waals surface area contributed by atoms with Crippen LogP contribution in [0, 0.1) is 13.8 Å². The number of aliphatic hydroxyl groups is 1. The van der Waals surface area contributed by atoms with Crippen LogP contribution in [-0.2, 0) is 17.9 Å². The Labute approximate surface area is 225 Å². The fourth-order valence-corrected chi connectivity index (χ4v) is 5.01. The van der Waals surface area contributed by atoms with Crippen molar-refractivity contribution in [1.29, 1.82) is 0 Å². The van der Waals surface area contributed by atoms with E-state index in [1.165, 1.54) is 47.9 Å². The van der Waals surface area contributed by atoms with Gasteiger partial charge in [-0.25, -0.2) is 4.98 Å². The third kappa shape index (κ3) is 7.63. The van der Waals surface area contributed by atoms with Crippen molar-refractivity contribution < 1.29 is 14.6 Å². The highest BCUT2D eigenvalue weighted by molar-refractivity contribution is 5.98. The predicted octanol–water partition coefficient (Wildman–Crippen LogP) is 4.76. The Bertz CT molecular complexity index is 1220. The summed E-state index contributed by atoms with van der Waals surface area (Å²) in [6.07, 6.45) is 7.98. The van der Waals surface area contributed by atoms with E-state index in [0.717, 1.165) is 43.8 Å². The van der Waals surface area contributed by atoms with E-state index in [2.05, 4.69) is 41.9 Å². The maximum Gasteiger partial charge on any atom is 0.252 e. The molecule has 5 N–H and O–H groups in total. The van der Waals surface area contributed by atoms with Gasteiger partial charge in [-0.1, -0.05) is 55.3 Å². The zero-order valence-electron chi connectivity index (χ0n) is 22.5. The Morgan fingerprint density at radius 3 is 2.34 bits per heavy atom. The molecular formula is C31H40N4O3. The molecule has 1 aliphatic heterocycles. The SMILES string of the molecule is Cc1ccc(COC2CCCC2)cc1C.NC(=O)c1cc(-c2ccc(CN3CCC(O)C3)cc2)cnc1N. The Balaban J connectivity index is 0.000000194. The number of benzene rings is 2. The molecule has 0 bridgehead atoms. The Kier molecular flexibility index (Phi) is 9.50. The molecule has 202 valence electrons. The number of primary amides is 1. The molecule has 1 atom stereocenters. The molecule has 7 nitrogen and oxygen atoms in total. The highest BCUT2D eigenvalue weighted by Crippen LogP contribution is 2.24. The number of aryl methyl sites for hydroxylation is 2. The lowest BCUT2D eigenvalue weighted by molar-refractivity contribution is 0.0456. The number of anilines is 1. The van der Waals surface area contributed by atoms with Gasteiger partial charge in [-0.05, 0) is 67.0 Å². The molecule has 1 unspecified atom stereocenters. The van der Waals surface area contributed by atoms with Crippen molar-refractivity contribution in [3.63, 3.8) is 0 Å². The number of pyridine rings is 1. The van der Waals surface area contributed by atoms with Gasteiger partial charge in [0.05, 0.1) is 24.4 Å². The van der Waals surface area contributed by atoms with Gasteiger partial charge in [-0.2, -0.15) is 0 Å². The van der Waals surface area contributed by atoms with Gasteiger partial charge >= 0.3 is 0 Å². The maximum absolute atomic E-state index is 11.4. The predicted molar refractivity (Wildman–Crippen MR) is 151 cm³/mol. The maximum atomic E-state index is 11.4. The number of β-amino-alcohol motifs (C(OH)–C–C–N with tert-alkyl or cyclic N) is 1. The van der Waals surface area contributed by atoms with E-state index in [0.29, 0.717) is 6.10 Å². The van der Waals surface area contributed by atoms with Crippen LogP contribution < -0.4 is 11.5 Å². The third-order valence-corrected chi connectivity index (χ3v) is 7.48. The molecule has 3 aromatic rings. The van der Waals surface area contributed by atoms with Gasteiger partial charge in [0, 0.05) is 31.4 Å². The van der Waals surface area contributed by atoms with Crippen molar-refractivity contribution in [2.24, 2.45) is 5.73 Å². The van der Waals surface area contributed by atoms with Crippen LogP contribution in [0.25, 0.3) is 11.1 Å². The molecule has 7 heteroatoms. The summed E-state index contributed by atoms with van der Waals surface area (Å²) in [5.74, 6) is -0.438.